The van der Waals surface area contributed by atoms with E-state index in [0.29, 0.717) is 23.8 Å². The average molecular weight is 354 g/mol. The summed E-state index contributed by atoms with van der Waals surface area (Å²) in [5.74, 6) is -0.453. The Morgan fingerprint density at radius 2 is 1.92 bits per heavy atom. The van der Waals surface area contributed by atoms with Gasteiger partial charge in [-0.15, -0.1) is 0 Å². The highest BCUT2D eigenvalue weighted by atomic mass is 19.2. The largest absolute Gasteiger partial charge is 0.494 e. The molecule has 7 heteroatoms. The monoisotopic (exact) mass is 354 g/mol. The third-order valence-electron chi connectivity index (χ3n) is 4.17. The first-order valence-electron chi connectivity index (χ1n) is 8.22. The molecule has 1 aromatic heterocycles. The molecule has 0 saturated heterocycles. The molecule has 0 spiro atoms. The third-order valence-corrected chi connectivity index (χ3v) is 4.17. The van der Waals surface area contributed by atoms with Crippen molar-refractivity contribution in [2.24, 2.45) is 0 Å². The van der Waals surface area contributed by atoms with Crippen molar-refractivity contribution in [3.05, 3.63) is 77.6 Å². The van der Waals surface area contributed by atoms with Crippen LogP contribution in [0.2, 0.25) is 0 Å². The second-order valence-corrected chi connectivity index (χ2v) is 5.81. The summed E-state index contributed by atoms with van der Waals surface area (Å²) in [6.45, 7) is 2.53. The van der Waals surface area contributed by atoms with Crippen LogP contribution < -0.4 is 10.1 Å². The number of allylic oxidation sites excluding steroid dienone is 1. The molecule has 0 aliphatic carbocycles. The Balaban J connectivity index is 1.74. The van der Waals surface area contributed by atoms with Gasteiger partial charge in [0.1, 0.15) is 18.1 Å². The van der Waals surface area contributed by atoms with Gasteiger partial charge in [-0.1, -0.05) is 12.1 Å². The molecule has 2 heterocycles. The van der Waals surface area contributed by atoms with Crippen LogP contribution in [0.15, 0.2) is 54.9 Å². The first-order chi connectivity index (χ1) is 12.7. The SMILES string of the molecule is CCOc1ccc(C2C=C(c3ccc(F)c(F)c3)Nc3ncnn32)cc1. The average Bonchev–Trinajstić information content (AvgIpc) is 3.13. The zero-order valence-corrected chi connectivity index (χ0v) is 14.0. The molecule has 1 aliphatic rings. The number of anilines is 1. The molecule has 5 nitrogen and oxygen atoms in total. The minimum absolute atomic E-state index is 0.229. The van der Waals surface area contributed by atoms with E-state index in [1.807, 2.05) is 37.3 Å². The predicted octanol–water partition coefficient (Wildman–Crippen LogP) is 4.01. The lowest BCUT2D eigenvalue weighted by atomic mass is 10.0. The molecule has 1 aliphatic heterocycles. The quantitative estimate of drug-likeness (QED) is 0.769. The van der Waals surface area contributed by atoms with E-state index in [1.54, 1.807) is 4.68 Å². The van der Waals surface area contributed by atoms with E-state index in [4.69, 9.17) is 4.74 Å². The topological polar surface area (TPSA) is 52.0 Å². The van der Waals surface area contributed by atoms with E-state index >= 15 is 0 Å². The molecular formula is C19H16F2N4O. The van der Waals surface area contributed by atoms with E-state index in [-0.39, 0.29) is 6.04 Å². The molecule has 1 N–H and O–H groups in total. The lowest BCUT2D eigenvalue weighted by molar-refractivity contribution is 0.340. The Morgan fingerprint density at radius 3 is 2.65 bits per heavy atom. The van der Waals surface area contributed by atoms with Crippen LogP contribution in [-0.4, -0.2) is 21.4 Å². The number of ether oxygens (including phenoxy) is 1. The second-order valence-electron chi connectivity index (χ2n) is 5.81. The number of benzene rings is 2. The zero-order chi connectivity index (χ0) is 18.1. The molecule has 0 radical (unpaired) electrons. The van der Waals surface area contributed by atoms with Crippen molar-refractivity contribution in [2.45, 2.75) is 13.0 Å². The third kappa shape index (κ3) is 2.92. The van der Waals surface area contributed by atoms with Crippen LogP contribution in [0.3, 0.4) is 0 Å². The van der Waals surface area contributed by atoms with E-state index in [0.717, 1.165) is 23.4 Å². The Hall–Kier alpha value is -3.22. The van der Waals surface area contributed by atoms with Crippen molar-refractivity contribution >= 4 is 11.6 Å². The van der Waals surface area contributed by atoms with Gasteiger partial charge in [0.25, 0.3) is 0 Å². The fraction of sp³-hybridized carbons (Fsp3) is 0.158. The van der Waals surface area contributed by atoms with Crippen LogP contribution in [0.1, 0.15) is 24.1 Å². The van der Waals surface area contributed by atoms with E-state index in [9.17, 15) is 8.78 Å². The Morgan fingerprint density at radius 1 is 1.12 bits per heavy atom. The van der Waals surface area contributed by atoms with E-state index < -0.39 is 11.6 Å². The molecule has 0 amide bonds. The van der Waals surface area contributed by atoms with Crippen molar-refractivity contribution < 1.29 is 13.5 Å². The summed E-state index contributed by atoms with van der Waals surface area (Å²) in [7, 11) is 0. The van der Waals surface area contributed by atoms with Crippen LogP contribution in [0.5, 0.6) is 5.75 Å². The fourth-order valence-electron chi connectivity index (χ4n) is 2.93. The van der Waals surface area contributed by atoms with Crippen LogP contribution in [0, 0.1) is 11.6 Å². The molecule has 0 fully saturated rings. The van der Waals surface area contributed by atoms with Gasteiger partial charge < -0.3 is 10.1 Å². The van der Waals surface area contributed by atoms with Crippen molar-refractivity contribution in [3.8, 4) is 5.75 Å². The summed E-state index contributed by atoms with van der Waals surface area (Å²) in [4.78, 5) is 4.20. The summed E-state index contributed by atoms with van der Waals surface area (Å²) in [6, 6.07) is 11.3. The molecule has 4 rings (SSSR count). The minimum Gasteiger partial charge on any atom is -0.494 e. The van der Waals surface area contributed by atoms with Crippen LogP contribution in [0.4, 0.5) is 14.7 Å². The standard InChI is InChI=1S/C19H16F2N4O/c1-2-26-14-6-3-12(4-7-14)18-10-17(24-19-22-11-23-25(18)19)13-5-8-15(20)16(21)9-13/h3-11,18H,2H2,1H3,(H,22,23,24). The minimum atomic E-state index is -0.894. The molecule has 132 valence electrons. The number of halogens is 2. The lowest BCUT2D eigenvalue weighted by Gasteiger charge is -2.24. The van der Waals surface area contributed by atoms with Gasteiger partial charge in [0, 0.05) is 11.3 Å². The molecular weight excluding hydrogens is 338 g/mol. The maximum absolute atomic E-state index is 13.6. The van der Waals surface area contributed by atoms with E-state index in [2.05, 4.69) is 15.4 Å². The van der Waals surface area contributed by atoms with Gasteiger partial charge in [-0.2, -0.15) is 10.1 Å². The number of rotatable bonds is 4. The maximum atomic E-state index is 13.6. The Labute approximate surface area is 148 Å². The highest BCUT2D eigenvalue weighted by molar-refractivity contribution is 5.77. The zero-order valence-electron chi connectivity index (χ0n) is 14.0. The Bertz CT molecular complexity index is 966. The van der Waals surface area contributed by atoms with Gasteiger partial charge >= 0.3 is 0 Å². The van der Waals surface area contributed by atoms with Gasteiger partial charge in [-0.25, -0.2) is 13.5 Å². The van der Waals surface area contributed by atoms with Gasteiger partial charge in [0.15, 0.2) is 11.6 Å². The summed E-state index contributed by atoms with van der Waals surface area (Å²) in [5, 5.41) is 7.37. The summed E-state index contributed by atoms with van der Waals surface area (Å²) >= 11 is 0. The van der Waals surface area contributed by atoms with Crippen molar-refractivity contribution in [1.82, 2.24) is 14.8 Å². The molecule has 0 bridgehead atoms. The van der Waals surface area contributed by atoms with Crippen LogP contribution in [0.25, 0.3) is 5.70 Å². The number of hydrogen-bond acceptors (Lipinski definition) is 4. The van der Waals surface area contributed by atoms with E-state index in [1.165, 1.54) is 12.4 Å². The van der Waals surface area contributed by atoms with Crippen molar-refractivity contribution in [3.63, 3.8) is 0 Å². The van der Waals surface area contributed by atoms with Gasteiger partial charge in [-0.3, -0.25) is 0 Å². The molecule has 1 unspecified atom stereocenters. The lowest BCUT2D eigenvalue weighted by Crippen LogP contribution is -2.20. The summed E-state index contributed by atoms with van der Waals surface area (Å²) < 4.78 is 34.1. The number of nitrogens with zero attached hydrogens (tertiary/aromatic N) is 3. The summed E-state index contributed by atoms with van der Waals surface area (Å²) in [6.07, 6.45) is 3.36. The van der Waals surface area contributed by atoms with Crippen molar-refractivity contribution in [2.75, 3.05) is 11.9 Å². The number of nitrogens with one attached hydrogen (secondary N) is 1. The Kier molecular flexibility index (Phi) is 4.12. The summed E-state index contributed by atoms with van der Waals surface area (Å²) in [5.41, 5.74) is 2.15. The van der Waals surface area contributed by atoms with Crippen LogP contribution in [-0.2, 0) is 0 Å². The molecule has 26 heavy (non-hydrogen) atoms. The van der Waals surface area contributed by atoms with Gasteiger partial charge in [0.05, 0.1) is 6.61 Å². The molecule has 3 aromatic rings. The number of hydrogen-bond donors (Lipinski definition) is 1. The highest BCUT2D eigenvalue weighted by Gasteiger charge is 2.23. The van der Waals surface area contributed by atoms with Crippen LogP contribution >= 0.6 is 0 Å². The highest BCUT2D eigenvalue weighted by Crippen LogP contribution is 2.32. The predicted molar refractivity (Wildman–Crippen MR) is 93.7 cm³/mol. The first-order valence-corrected chi connectivity index (χ1v) is 8.22. The first kappa shape index (κ1) is 16.3. The smallest absolute Gasteiger partial charge is 0.226 e. The van der Waals surface area contributed by atoms with Gasteiger partial charge in [-0.05, 0) is 48.9 Å². The maximum Gasteiger partial charge on any atom is 0.226 e. The number of aromatic nitrogens is 3. The molecule has 2 aromatic carbocycles. The molecule has 0 saturated carbocycles. The molecule has 1 atom stereocenters. The normalized spacial score (nSPS) is 15.8. The van der Waals surface area contributed by atoms with Crippen molar-refractivity contribution in [1.29, 1.82) is 0 Å². The number of fused-ring (bicyclic) bond motifs is 1. The fourth-order valence-corrected chi connectivity index (χ4v) is 2.93. The second kappa shape index (κ2) is 6.59. The van der Waals surface area contributed by atoms with Gasteiger partial charge in [0.2, 0.25) is 5.95 Å².